The van der Waals surface area contributed by atoms with E-state index >= 15 is 0 Å². The van der Waals surface area contributed by atoms with Gasteiger partial charge in [0.1, 0.15) is 23.3 Å². The quantitative estimate of drug-likeness (QED) is 0.192. The maximum atomic E-state index is 14.1. The van der Waals surface area contributed by atoms with Gasteiger partial charge in [-0.3, -0.25) is 19.1 Å². The number of alkyl halides is 2. The number of nitrogens with zero attached hydrogens (tertiary/aromatic N) is 7. The summed E-state index contributed by atoms with van der Waals surface area (Å²) >= 11 is 7.65. The second-order valence-electron chi connectivity index (χ2n) is 13.8. The molecule has 13 nitrogen and oxygen atoms in total. The normalized spacial score (nSPS) is 17.7. The molecule has 0 radical (unpaired) electrons. The number of sulfonamides is 1. The van der Waals surface area contributed by atoms with E-state index in [9.17, 15) is 32.0 Å². The zero-order valence-electron chi connectivity index (χ0n) is 30.4. The summed E-state index contributed by atoms with van der Waals surface area (Å²) in [7, 11) is -1.93. The Morgan fingerprint density at radius 1 is 1.20 bits per heavy atom. The van der Waals surface area contributed by atoms with Crippen LogP contribution in [0.4, 0.5) is 14.6 Å². The zero-order valence-corrected chi connectivity index (χ0v) is 32.8. The summed E-state index contributed by atoms with van der Waals surface area (Å²) in [6.45, 7) is 0.411. The van der Waals surface area contributed by atoms with Crippen molar-refractivity contribution >= 4 is 65.8 Å². The van der Waals surface area contributed by atoms with Crippen LogP contribution < -0.4 is 15.2 Å². The van der Waals surface area contributed by atoms with Gasteiger partial charge >= 0.3 is 6.61 Å². The number of piperidine rings is 1. The minimum absolute atomic E-state index is 0.0442. The highest BCUT2D eigenvalue weighted by molar-refractivity contribution is 7.89. The first-order valence-corrected chi connectivity index (χ1v) is 20.7. The van der Waals surface area contributed by atoms with E-state index < -0.39 is 34.2 Å². The van der Waals surface area contributed by atoms with Crippen LogP contribution in [0.2, 0.25) is 5.02 Å². The highest BCUT2D eigenvalue weighted by Crippen LogP contribution is 2.37. The molecule has 1 saturated heterocycles. The first-order chi connectivity index (χ1) is 26.7. The maximum Gasteiger partial charge on any atom is 0.345 e. The third-order valence-corrected chi connectivity index (χ3v) is 12.0. The third-order valence-electron chi connectivity index (χ3n) is 10.3. The van der Waals surface area contributed by atoms with Gasteiger partial charge in [-0.05, 0) is 56.9 Å². The Hall–Kier alpha value is -5.04. The largest absolute Gasteiger partial charge is 0.355 e. The van der Waals surface area contributed by atoms with E-state index in [4.69, 9.17) is 11.6 Å². The number of thiophene rings is 1. The van der Waals surface area contributed by atoms with E-state index in [1.54, 1.807) is 36.6 Å². The second-order valence-corrected chi connectivity index (χ2v) is 16.8. The Balaban J connectivity index is 1.14. The Morgan fingerprint density at radius 2 is 1.95 bits per heavy atom. The van der Waals surface area contributed by atoms with Crippen molar-refractivity contribution in [3.8, 4) is 29.0 Å². The van der Waals surface area contributed by atoms with E-state index in [1.807, 2.05) is 16.7 Å². The molecule has 1 aliphatic heterocycles. The summed E-state index contributed by atoms with van der Waals surface area (Å²) < 4.78 is 57.2. The van der Waals surface area contributed by atoms with Crippen molar-refractivity contribution in [3.05, 3.63) is 79.9 Å². The smallest absolute Gasteiger partial charge is 0.345 e. The van der Waals surface area contributed by atoms with Gasteiger partial charge in [0.25, 0.3) is 11.5 Å². The predicted octanol–water partition coefficient (Wildman–Crippen LogP) is 5.31. The van der Waals surface area contributed by atoms with Gasteiger partial charge in [0.15, 0.2) is 0 Å². The number of hydrogen-bond donors (Lipinski definition) is 1. The lowest BCUT2D eigenvalue weighted by atomic mass is 9.86. The van der Waals surface area contributed by atoms with Crippen LogP contribution in [0.15, 0.2) is 46.8 Å². The summed E-state index contributed by atoms with van der Waals surface area (Å²) in [5, 5.41) is 12.5. The number of carbonyl (C=O) groups is 1. The van der Waals surface area contributed by atoms with Crippen LogP contribution in [0.1, 0.15) is 53.0 Å². The number of pyridine rings is 2. The third kappa shape index (κ3) is 7.96. The molecule has 7 rings (SSSR count). The highest BCUT2D eigenvalue weighted by Gasteiger charge is 2.38. The van der Waals surface area contributed by atoms with Gasteiger partial charge in [-0.1, -0.05) is 23.4 Å². The number of anilines is 1. The van der Waals surface area contributed by atoms with Crippen molar-refractivity contribution in [2.45, 2.75) is 64.0 Å². The van der Waals surface area contributed by atoms with E-state index in [1.165, 1.54) is 28.3 Å². The maximum absolute atomic E-state index is 14.1. The number of nitriles is 1. The molecular weight excluding hydrogens is 786 g/mol. The number of aromatic nitrogens is 4. The van der Waals surface area contributed by atoms with Gasteiger partial charge in [0.05, 0.1) is 51.8 Å². The lowest BCUT2D eigenvalue weighted by Gasteiger charge is -2.46. The number of likely N-dealkylation sites (tertiary alicyclic amines) is 1. The Morgan fingerprint density at radius 3 is 2.64 bits per heavy atom. The summed E-state index contributed by atoms with van der Waals surface area (Å²) in [5.41, 5.74) is 2.32. The fraction of sp³-hybridized carbons (Fsp3) is 0.368. The highest BCUT2D eigenvalue weighted by atomic mass is 35.5. The number of benzene rings is 1. The van der Waals surface area contributed by atoms with Crippen molar-refractivity contribution in [1.82, 2.24) is 29.1 Å². The van der Waals surface area contributed by atoms with Crippen molar-refractivity contribution in [1.29, 1.82) is 5.26 Å². The zero-order chi connectivity index (χ0) is 39.9. The van der Waals surface area contributed by atoms with Gasteiger partial charge < -0.3 is 14.5 Å². The summed E-state index contributed by atoms with van der Waals surface area (Å²) in [5.74, 6) is 6.21. The van der Waals surface area contributed by atoms with Crippen LogP contribution in [-0.2, 0) is 21.3 Å². The van der Waals surface area contributed by atoms with Crippen LogP contribution in [-0.4, -0.2) is 89.9 Å². The topological polar surface area (TPSA) is 163 Å². The molecule has 5 heterocycles. The molecule has 290 valence electrons. The molecule has 1 saturated carbocycles. The molecule has 1 aliphatic carbocycles. The van der Waals surface area contributed by atoms with E-state index in [0.717, 1.165) is 32.2 Å². The molecule has 0 unspecified atom stereocenters. The molecule has 0 spiro atoms. The average Bonchev–Trinajstić information content (AvgIpc) is 3.58. The SMILES string of the molecule is Cc1nc2cnc(N(C)C3CCN(C4CC(OC(F)F)C4)CC3)c(C#N)c2c(=O)n1CC#Cc1ccc(Cl)cc1-c1ccnc2c(C(=O)NS(C)(=O)=O)csc12. The fourth-order valence-corrected chi connectivity index (χ4v) is 9.02. The van der Waals surface area contributed by atoms with Crippen molar-refractivity contribution in [3.63, 3.8) is 0 Å². The van der Waals surface area contributed by atoms with Crippen LogP contribution in [0.3, 0.4) is 0 Å². The van der Waals surface area contributed by atoms with Gasteiger partial charge in [-0.15, -0.1) is 11.3 Å². The van der Waals surface area contributed by atoms with Gasteiger partial charge in [0, 0.05) is 65.5 Å². The molecule has 1 N–H and O–H groups in total. The molecule has 0 bridgehead atoms. The molecule has 1 amide bonds. The van der Waals surface area contributed by atoms with E-state index in [2.05, 4.69) is 42.5 Å². The van der Waals surface area contributed by atoms with Crippen molar-refractivity contribution < 1.29 is 26.7 Å². The molecule has 0 atom stereocenters. The number of carbonyl (C=O) groups excluding carboxylic acids is 1. The molecule has 1 aromatic carbocycles. The molecular formula is C38H35ClF2N8O5S2. The number of ether oxygens (including phenoxy) is 1. The second kappa shape index (κ2) is 15.8. The van der Waals surface area contributed by atoms with Crippen molar-refractivity contribution in [2.75, 3.05) is 31.3 Å². The minimum atomic E-state index is -3.79. The average molecular weight is 821 g/mol. The number of fused-ring (bicyclic) bond motifs is 2. The number of nitrogens with one attached hydrogen (secondary N) is 1. The van der Waals surface area contributed by atoms with Gasteiger partial charge in [0.2, 0.25) is 10.0 Å². The molecule has 18 heteroatoms. The number of halogens is 3. The number of rotatable bonds is 9. The van der Waals surface area contributed by atoms with Crippen LogP contribution in [0.25, 0.3) is 32.2 Å². The lowest BCUT2D eigenvalue weighted by Crippen LogP contribution is -2.53. The van der Waals surface area contributed by atoms with Crippen LogP contribution in [0.5, 0.6) is 0 Å². The minimum Gasteiger partial charge on any atom is -0.355 e. The van der Waals surface area contributed by atoms with Crippen molar-refractivity contribution in [2.24, 2.45) is 0 Å². The fourth-order valence-electron chi connectivity index (χ4n) is 7.36. The number of amides is 1. The molecule has 4 aromatic heterocycles. The van der Waals surface area contributed by atoms with Crippen LogP contribution >= 0.6 is 22.9 Å². The first kappa shape index (κ1) is 39.2. The van der Waals surface area contributed by atoms with Gasteiger partial charge in [-0.25, -0.2) is 23.1 Å². The lowest BCUT2D eigenvalue weighted by molar-refractivity contribution is -0.194. The molecule has 2 fully saturated rings. The summed E-state index contributed by atoms with van der Waals surface area (Å²) in [6, 6.07) is 9.38. The summed E-state index contributed by atoms with van der Waals surface area (Å²) in [6.07, 6.45) is 6.23. The number of aryl methyl sites for hydroxylation is 1. The first-order valence-electron chi connectivity index (χ1n) is 17.6. The Bertz CT molecular complexity index is 2640. The van der Waals surface area contributed by atoms with Gasteiger partial charge in [-0.2, -0.15) is 14.0 Å². The molecule has 5 aromatic rings. The Labute approximate surface area is 329 Å². The van der Waals surface area contributed by atoms with Crippen LogP contribution in [0, 0.1) is 30.1 Å². The van der Waals surface area contributed by atoms with E-state index in [-0.39, 0.29) is 35.1 Å². The Kier molecular flexibility index (Phi) is 11.1. The monoisotopic (exact) mass is 820 g/mol. The predicted molar refractivity (Wildman–Crippen MR) is 209 cm³/mol. The molecule has 2 aliphatic rings. The van der Waals surface area contributed by atoms with E-state index in [0.29, 0.717) is 61.9 Å². The molecule has 56 heavy (non-hydrogen) atoms. The standard InChI is InChI=1S/C38H35ClF2N8O5S2/c1-21-45-31-19-44-35(47(2)24-9-13-48(14-10-24)25-16-26(17-25)54-38(40)41)29(18-42)32(31)37(51)49(21)12-4-5-22-6-7-23(39)15-28(22)27-8-11-43-33-30(20-55-34(27)33)36(50)46-56(3,52)53/h6-8,11,15,19-20,24-26,38H,9-10,12-14,16-17H2,1-3H3,(H,46,50). The number of hydrogen-bond acceptors (Lipinski definition) is 12. The summed E-state index contributed by atoms with van der Waals surface area (Å²) in [4.78, 5) is 44.6.